The lowest BCUT2D eigenvalue weighted by Gasteiger charge is -2.15. The van der Waals surface area contributed by atoms with Crippen LogP contribution in [0.2, 0.25) is 0 Å². The predicted molar refractivity (Wildman–Crippen MR) is 112 cm³/mol. The van der Waals surface area contributed by atoms with Crippen LogP contribution in [-0.2, 0) is 17.4 Å². The number of hydrogen-bond acceptors (Lipinski definition) is 4. The summed E-state index contributed by atoms with van der Waals surface area (Å²) in [6.07, 6.45) is -2.68. The van der Waals surface area contributed by atoms with E-state index in [0.717, 1.165) is 16.3 Å². The van der Waals surface area contributed by atoms with E-state index < -0.39 is 17.6 Å². The van der Waals surface area contributed by atoms with E-state index in [-0.39, 0.29) is 24.3 Å². The Morgan fingerprint density at radius 2 is 1.81 bits per heavy atom. The molecule has 0 saturated carbocycles. The summed E-state index contributed by atoms with van der Waals surface area (Å²) in [5.74, 6) is 0.751. The van der Waals surface area contributed by atoms with E-state index in [4.69, 9.17) is 4.42 Å². The number of nitrogens with zero attached hydrogens (tertiary/aromatic N) is 3. The molecule has 0 unspecified atom stereocenters. The molecule has 0 saturated heterocycles. The molecule has 0 atom stereocenters. The molecule has 164 valence electrons. The van der Waals surface area contributed by atoms with E-state index >= 15 is 0 Å². The van der Waals surface area contributed by atoms with E-state index in [1.807, 2.05) is 30.3 Å². The van der Waals surface area contributed by atoms with Crippen molar-refractivity contribution in [2.75, 3.05) is 5.32 Å². The van der Waals surface area contributed by atoms with Crippen LogP contribution in [0.4, 0.5) is 19.0 Å². The van der Waals surface area contributed by atoms with Crippen LogP contribution in [0, 0.1) is 6.92 Å². The van der Waals surface area contributed by atoms with Crippen molar-refractivity contribution in [2.45, 2.75) is 25.9 Å². The third-order valence-corrected chi connectivity index (χ3v) is 4.71. The number of nitrogens with one attached hydrogen (secondary N) is 1. The van der Waals surface area contributed by atoms with Crippen molar-refractivity contribution in [1.29, 1.82) is 0 Å². The van der Waals surface area contributed by atoms with Crippen LogP contribution in [0.1, 0.15) is 23.6 Å². The van der Waals surface area contributed by atoms with Crippen molar-refractivity contribution in [3.8, 4) is 17.0 Å². The number of para-hydroxylation sites is 1. The average molecular weight is 440 g/mol. The third-order valence-electron chi connectivity index (χ3n) is 4.71. The maximum atomic E-state index is 13.4. The molecular weight excluding hydrogens is 421 g/mol. The normalized spacial score (nSPS) is 11.5. The highest BCUT2D eigenvalue weighted by Crippen LogP contribution is 2.34. The number of hydrogen-bond donors (Lipinski definition) is 1. The summed E-state index contributed by atoms with van der Waals surface area (Å²) in [4.78, 5) is 16.7. The van der Waals surface area contributed by atoms with E-state index in [2.05, 4.69) is 15.4 Å². The lowest BCUT2D eigenvalue weighted by atomic mass is 10.1. The number of amides is 1. The summed E-state index contributed by atoms with van der Waals surface area (Å²) >= 11 is 0. The molecule has 2 aromatic carbocycles. The van der Waals surface area contributed by atoms with Crippen LogP contribution in [-0.4, -0.2) is 20.7 Å². The number of aromatic nitrogens is 3. The summed E-state index contributed by atoms with van der Waals surface area (Å²) in [5, 5.41) is 6.78. The van der Waals surface area contributed by atoms with Gasteiger partial charge in [-0.25, -0.2) is 9.67 Å². The Bertz CT molecular complexity index is 1230. The van der Waals surface area contributed by atoms with Gasteiger partial charge < -0.3 is 9.73 Å². The Morgan fingerprint density at radius 1 is 1.09 bits per heavy atom. The molecule has 2 heterocycles. The molecule has 0 spiro atoms. The number of rotatable bonds is 6. The first-order valence-electron chi connectivity index (χ1n) is 9.84. The lowest BCUT2D eigenvalue weighted by molar-refractivity contribution is -0.137. The molecule has 1 amide bonds. The number of anilines is 1. The molecule has 2 aromatic heterocycles. The smallest absolute Gasteiger partial charge is 0.418 e. The third kappa shape index (κ3) is 4.72. The summed E-state index contributed by atoms with van der Waals surface area (Å²) in [5.41, 5.74) is 0.339. The monoisotopic (exact) mass is 440 g/mol. The minimum absolute atomic E-state index is 0.0416. The topological polar surface area (TPSA) is 73.0 Å². The summed E-state index contributed by atoms with van der Waals surface area (Å²) in [6, 6.07) is 16.0. The van der Waals surface area contributed by atoms with Gasteiger partial charge >= 0.3 is 6.18 Å². The van der Waals surface area contributed by atoms with Crippen LogP contribution in [0.25, 0.3) is 17.0 Å². The fraction of sp³-hybridized carbons (Fsp3) is 0.174. The van der Waals surface area contributed by atoms with Gasteiger partial charge in [-0.15, -0.1) is 0 Å². The second kappa shape index (κ2) is 8.70. The SMILES string of the molecule is Cc1cc(NC(=O)CCc2ncc(-c3ccccc3)o2)n(-c2ccccc2C(F)(F)F)n1. The van der Waals surface area contributed by atoms with Gasteiger partial charge in [0.15, 0.2) is 11.7 Å². The van der Waals surface area contributed by atoms with Crippen LogP contribution >= 0.6 is 0 Å². The van der Waals surface area contributed by atoms with Gasteiger partial charge in [0.05, 0.1) is 23.1 Å². The van der Waals surface area contributed by atoms with Gasteiger partial charge in [-0.1, -0.05) is 42.5 Å². The number of oxazole rings is 1. The fourth-order valence-corrected chi connectivity index (χ4v) is 3.26. The zero-order chi connectivity index (χ0) is 22.7. The molecular formula is C23H19F3N4O2. The number of aryl methyl sites for hydroxylation is 2. The highest BCUT2D eigenvalue weighted by atomic mass is 19.4. The quantitative estimate of drug-likeness (QED) is 0.434. The maximum absolute atomic E-state index is 13.4. The summed E-state index contributed by atoms with van der Waals surface area (Å²) in [7, 11) is 0. The van der Waals surface area contributed by atoms with Crippen molar-refractivity contribution in [2.24, 2.45) is 0 Å². The second-order valence-electron chi connectivity index (χ2n) is 7.13. The van der Waals surface area contributed by atoms with E-state index in [1.54, 1.807) is 13.1 Å². The summed E-state index contributed by atoms with van der Waals surface area (Å²) in [6.45, 7) is 1.64. The highest BCUT2D eigenvalue weighted by Gasteiger charge is 2.34. The molecule has 0 aliphatic rings. The van der Waals surface area contributed by atoms with Gasteiger partial charge in [0, 0.05) is 24.5 Å². The van der Waals surface area contributed by atoms with Gasteiger partial charge in [0.1, 0.15) is 5.82 Å². The molecule has 0 bridgehead atoms. The molecule has 4 rings (SSSR count). The van der Waals surface area contributed by atoms with Crippen molar-refractivity contribution in [3.63, 3.8) is 0 Å². The molecule has 9 heteroatoms. The van der Waals surface area contributed by atoms with Gasteiger partial charge in [-0.2, -0.15) is 18.3 Å². The van der Waals surface area contributed by atoms with Crippen molar-refractivity contribution < 1.29 is 22.4 Å². The van der Waals surface area contributed by atoms with Crippen LogP contribution in [0.15, 0.2) is 71.3 Å². The Hall–Kier alpha value is -3.88. The van der Waals surface area contributed by atoms with Crippen molar-refractivity contribution in [3.05, 3.63) is 84.0 Å². The van der Waals surface area contributed by atoms with Crippen LogP contribution in [0.5, 0.6) is 0 Å². The number of carbonyl (C=O) groups excluding carboxylic acids is 1. The van der Waals surface area contributed by atoms with Crippen molar-refractivity contribution in [1.82, 2.24) is 14.8 Å². The molecule has 4 aromatic rings. The summed E-state index contributed by atoms with van der Waals surface area (Å²) < 4.78 is 47.0. The van der Waals surface area contributed by atoms with Crippen molar-refractivity contribution >= 4 is 11.7 Å². The Labute approximate surface area is 181 Å². The molecule has 6 nitrogen and oxygen atoms in total. The Morgan fingerprint density at radius 3 is 2.56 bits per heavy atom. The Balaban J connectivity index is 1.47. The lowest BCUT2D eigenvalue weighted by Crippen LogP contribution is -2.17. The molecule has 0 fully saturated rings. The minimum Gasteiger partial charge on any atom is -0.441 e. The largest absolute Gasteiger partial charge is 0.441 e. The zero-order valence-electron chi connectivity index (χ0n) is 17.1. The average Bonchev–Trinajstić information content (AvgIpc) is 3.39. The first-order chi connectivity index (χ1) is 15.3. The first-order valence-corrected chi connectivity index (χ1v) is 9.84. The molecule has 32 heavy (non-hydrogen) atoms. The Kier molecular flexibility index (Phi) is 5.81. The van der Waals surface area contributed by atoms with E-state index in [1.165, 1.54) is 24.3 Å². The first kappa shape index (κ1) is 21.4. The predicted octanol–water partition coefficient (Wildman–Crippen LogP) is 5.43. The molecule has 0 aliphatic heterocycles. The molecule has 0 aliphatic carbocycles. The van der Waals surface area contributed by atoms with Crippen LogP contribution in [0.3, 0.4) is 0 Å². The standard InChI is InChI=1S/C23H19F3N4O2/c1-15-13-20(30(29-15)18-10-6-5-9-17(18)23(24,25)26)28-21(31)11-12-22-27-14-19(32-22)16-7-3-2-4-8-16/h2-10,13-14H,11-12H2,1H3,(H,28,31). The van der Waals surface area contributed by atoms with Gasteiger partial charge in [0.2, 0.25) is 5.91 Å². The van der Waals surface area contributed by atoms with Gasteiger partial charge in [0.25, 0.3) is 0 Å². The fourth-order valence-electron chi connectivity index (χ4n) is 3.26. The second-order valence-corrected chi connectivity index (χ2v) is 7.13. The van der Waals surface area contributed by atoms with Gasteiger partial charge in [-0.05, 0) is 19.1 Å². The van der Waals surface area contributed by atoms with Gasteiger partial charge in [-0.3, -0.25) is 4.79 Å². The number of halogens is 3. The van der Waals surface area contributed by atoms with Crippen LogP contribution < -0.4 is 5.32 Å². The minimum atomic E-state index is -4.56. The van der Waals surface area contributed by atoms with E-state index in [0.29, 0.717) is 17.3 Å². The van der Waals surface area contributed by atoms with E-state index in [9.17, 15) is 18.0 Å². The number of benzene rings is 2. The zero-order valence-corrected chi connectivity index (χ0v) is 17.1. The number of carbonyl (C=O) groups is 1. The maximum Gasteiger partial charge on any atom is 0.418 e. The highest BCUT2D eigenvalue weighted by molar-refractivity contribution is 5.90. The molecule has 1 N–H and O–H groups in total. The number of alkyl halides is 3. The molecule has 0 radical (unpaired) electrons.